The van der Waals surface area contributed by atoms with Crippen LogP contribution >= 0.6 is 0 Å². The van der Waals surface area contributed by atoms with Gasteiger partial charge in [0.25, 0.3) is 0 Å². The molecule has 4 heterocycles. The smallest absolute Gasteiger partial charge is 0.202 e. The summed E-state index contributed by atoms with van der Waals surface area (Å²) >= 11 is 0. The molecule has 0 saturated carbocycles. The Balaban J connectivity index is 1.78. The molecule has 10 nitrogen and oxygen atoms in total. The van der Waals surface area contributed by atoms with Crippen LogP contribution in [0.25, 0.3) is 22.6 Å². The molecule has 0 bridgehead atoms. The van der Waals surface area contributed by atoms with Crippen molar-refractivity contribution in [1.29, 1.82) is 0 Å². The number of nitrogens with zero attached hydrogens (tertiary/aromatic N) is 7. The number of aliphatic hydroxyl groups is 1. The summed E-state index contributed by atoms with van der Waals surface area (Å²) in [5.41, 5.74) is 2.52. The van der Waals surface area contributed by atoms with Gasteiger partial charge < -0.3 is 9.67 Å². The molecule has 4 rings (SSSR count). The van der Waals surface area contributed by atoms with Crippen LogP contribution in [-0.2, 0) is 23.4 Å². The van der Waals surface area contributed by atoms with Crippen LogP contribution in [0.2, 0.25) is 0 Å². The Morgan fingerprint density at radius 2 is 2.07 bits per heavy atom. The van der Waals surface area contributed by atoms with Crippen LogP contribution < -0.4 is 0 Å². The Morgan fingerprint density at radius 1 is 1.30 bits per heavy atom. The van der Waals surface area contributed by atoms with E-state index in [1.54, 1.807) is 15.7 Å². The summed E-state index contributed by atoms with van der Waals surface area (Å²) in [7, 11) is -1.92. The van der Waals surface area contributed by atoms with E-state index in [1.807, 2.05) is 32.5 Å². The van der Waals surface area contributed by atoms with Crippen molar-refractivity contribution in [2.24, 2.45) is 7.05 Å². The maximum atomic E-state index is 13.4. The van der Waals surface area contributed by atoms with Crippen molar-refractivity contribution in [3.05, 3.63) is 18.2 Å². The monoisotopic (exact) mass is 433 g/mol. The number of sulfone groups is 1. The fraction of sp³-hybridized carbons (Fsp3) is 0.579. The minimum atomic E-state index is -3.74. The van der Waals surface area contributed by atoms with Gasteiger partial charge in [-0.15, -0.1) is 0 Å². The summed E-state index contributed by atoms with van der Waals surface area (Å²) in [6, 6.07) is 0. The maximum absolute atomic E-state index is 13.4. The van der Waals surface area contributed by atoms with E-state index >= 15 is 0 Å². The molecule has 0 radical (unpaired) electrons. The van der Waals surface area contributed by atoms with Crippen LogP contribution in [0.4, 0.5) is 0 Å². The zero-order valence-corrected chi connectivity index (χ0v) is 18.5. The maximum Gasteiger partial charge on any atom is 0.202 e. The van der Waals surface area contributed by atoms with E-state index in [0.29, 0.717) is 30.9 Å². The van der Waals surface area contributed by atoms with Gasteiger partial charge in [0.05, 0.1) is 17.0 Å². The number of likely N-dealkylation sites (tertiary alicyclic amines) is 1. The molecule has 1 aliphatic rings. The second kappa shape index (κ2) is 7.71. The lowest BCUT2D eigenvalue weighted by molar-refractivity contribution is 0.0182. The fourth-order valence-electron chi connectivity index (χ4n) is 4.11. The van der Waals surface area contributed by atoms with Gasteiger partial charge in [0, 0.05) is 32.4 Å². The molecule has 30 heavy (non-hydrogen) atoms. The molecule has 11 heteroatoms. The van der Waals surface area contributed by atoms with Crippen LogP contribution in [-0.4, -0.2) is 72.3 Å². The molecule has 0 amide bonds. The molecular formula is C19H27N7O3S. The van der Waals surface area contributed by atoms with E-state index < -0.39 is 21.3 Å². The molecule has 3 aromatic rings. The summed E-state index contributed by atoms with van der Waals surface area (Å²) < 4.78 is 30.5. The van der Waals surface area contributed by atoms with E-state index in [0.717, 1.165) is 17.8 Å². The highest BCUT2D eigenvalue weighted by molar-refractivity contribution is 7.92. The van der Waals surface area contributed by atoms with Crippen molar-refractivity contribution in [1.82, 2.24) is 34.2 Å². The van der Waals surface area contributed by atoms with Crippen molar-refractivity contribution in [2.45, 2.75) is 56.7 Å². The number of fused-ring (bicyclic) bond motifs is 1. The number of hydrogen-bond donors (Lipinski definition) is 1. The highest BCUT2D eigenvalue weighted by atomic mass is 32.2. The van der Waals surface area contributed by atoms with Crippen molar-refractivity contribution in [2.75, 3.05) is 13.1 Å². The van der Waals surface area contributed by atoms with Gasteiger partial charge in [-0.3, -0.25) is 9.58 Å². The number of hydrogen-bond acceptors (Lipinski definition) is 8. The minimum absolute atomic E-state index is 0.0484. The van der Waals surface area contributed by atoms with Crippen LogP contribution in [0.3, 0.4) is 0 Å². The topological polar surface area (TPSA) is 119 Å². The molecular weight excluding hydrogens is 406 g/mol. The zero-order valence-electron chi connectivity index (χ0n) is 17.6. The van der Waals surface area contributed by atoms with E-state index in [4.69, 9.17) is 0 Å². The third-order valence-corrected chi connectivity index (χ3v) is 8.04. The molecule has 0 aromatic carbocycles. The molecule has 1 saturated heterocycles. The number of aliphatic hydroxyl groups excluding tert-OH is 1. The third-order valence-electron chi connectivity index (χ3n) is 5.94. The average Bonchev–Trinajstić information content (AvgIpc) is 3.45. The predicted octanol–water partition coefficient (Wildman–Crippen LogP) is 1.13. The summed E-state index contributed by atoms with van der Waals surface area (Å²) in [6.07, 6.45) is 3.39. The standard InChI is InChI=1S/C19H27N7O3S/c1-5-15(27)25-8-7-13(10-25)30(28,29)19-16-18(20-11-21-19)24(4)17(23-16)14-9-22-26(6-2)12(14)3/h9,11,13,15,27H,5-8,10H2,1-4H3. The molecule has 2 unspecified atom stereocenters. The van der Waals surface area contributed by atoms with Gasteiger partial charge >= 0.3 is 0 Å². The minimum Gasteiger partial charge on any atom is -0.378 e. The fourth-order valence-corrected chi connectivity index (χ4v) is 5.83. The second-order valence-corrected chi connectivity index (χ2v) is 9.79. The van der Waals surface area contributed by atoms with E-state index in [2.05, 4.69) is 20.1 Å². The van der Waals surface area contributed by atoms with Crippen LogP contribution in [0.5, 0.6) is 0 Å². The first-order chi connectivity index (χ1) is 14.3. The second-order valence-electron chi connectivity index (χ2n) is 7.64. The summed E-state index contributed by atoms with van der Waals surface area (Å²) in [6.45, 7) is 7.40. The molecule has 2 atom stereocenters. The third kappa shape index (κ3) is 3.21. The van der Waals surface area contributed by atoms with Gasteiger partial charge in [-0.1, -0.05) is 6.92 Å². The predicted molar refractivity (Wildman–Crippen MR) is 111 cm³/mol. The Morgan fingerprint density at radius 3 is 2.73 bits per heavy atom. The normalized spacial score (nSPS) is 19.0. The molecule has 1 N–H and O–H groups in total. The average molecular weight is 434 g/mol. The van der Waals surface area contributed by atoms with Crippen molar-refractivity contribution >= 4 is 21.0 Å². The van der Waals surface area contributed by atoms with Crippen molar-refractivity contribution in [3.63, 3.8) is 0 Å². The van der Waals surface area contributed by atoms with E-state index in [1.165, 1.54) is 6.33 Å². The van der Waals surface area contributed by atoms with Gasteiger partial charge in [-0.25, -0.2) is 23.4 Å². The Labute approximate surface area is 175 Å². The van der Waals surface area contributed by atoms with Crippen molar-refractivity contribution < 1.29 is 13.5 Å². The SMILES string of the molecule is CCC(O)N1CCC(S(=O)(=O)c2ncnc3c2nc(-c2cnn(CC)c2C)n3C)C1. The summed E-state index contributed by atoms with van der Waals surface area (Å²) in [5, 5.41) is 13.8. The summed E-state index contributed by atoms with van der Waals surface area (Å²) in [5.74, 6) is 0.605. The lowest BCUT2D eigenvalue weighted by atomic mass is 10.2. The number of aromatic nitrogens is 6. The zero-order chi connectivity index (χ0) is 21.6. The number of imidazole rings is 1. The molecule has 1 fully saturated rings. The van der Waals surface area contributed by atoms with Crippen LogP contribution in [0.1, 0.15) is 32.4 Å². The molecule has 0 aliphatic carbocycles. The van der Waals surface area contributed by atoms with Gasteiger partial charge in [-0.2, -0.15) is 5.10 Å². The van der Waals surface area contributed by atoms with Crippen LogP contribution in [0, 0.1) is 6.92 Å². The van der Waals surface area contributed by atoms with Gasteiger partial charge in [-0.05, 0) is 26.7 Å². The van der Waals surface area contributed by atoms with Crippen molar-refractivity contribution in [3.8, 4) is 11.4 Å². The summed E-state index contributed by atoms with van der Waals surface area (Å²) in [4.78, 5) is 14.9. The molecule has 162 valence electrons. The lowest BCUT2D eigenvalue weighted by Gasteiger charge is -2.21. The quantitative estimate of drug-likeness (QED) is 0.575. The highest BCUT2D eigenvalue weighted by Gasteiger charge is 2.38. The first kappa shape index (κ1) is 20.9. The lowest BCUT2D eigenvalue weighted by Crippen LogP contribution is -2.35. The van der Waals surface area contributed by atoms with Crippen LogP contribution in [0.15, 0.2) is 17.6 Å². The van der Waals surface area contributed by atoms with Gasteiger partial charge in [0.1, 0.15) is 23.9 Å². The first-order valence-electron chi connectivity index (χ1n) is 10.2. The molecule has 3 aromatic heterocycles. The highest BCUT2D eigenvalue weighted by Crippen LogP contribution is 2.31. The van der Waals surface area contributed by atoms with E-state index in [-0.39, 0.29) is 17.1 Å². The van der Waals surface area contributed by atoms with E-state index in [9.17, 15) is 13.5 Å². The van der Waals surface area contributed by atoms with Gasteiger partial charge in [0.15, 0.2) is 10.7 Å². The first-order valence-corrected chi connectivity index (χ1v) is 11.7. The Hall–Kier alpha value is -2.37. The number of aryl methyl sites for hydroxylation is 2. The van der Waals surface area contributed by atoms with Gasteiger partial charge in [0.2, 0.25) is 9.84 Å². The molecule has 1 aliphatic heterocycles. The Bertz CT molecular complexity index is 1180. The Kier molecular flexibility index (Phi) is 5.37. The largest absolute Gasteiger partial charge is 0.378 e. The molecule has 0 spiro atoms. The number of rotatable bonds is 6.